The molecule has 1 fully saturated rings. The molecule has 1 aliphatic rings. The predicted molar refractivity (Wildman–Crippen MR) is 69.7 cm³/mol. The van der Waals surface area contributed by atoms with Crippen LogP contribution < -0.4 is 5.32 Å². The fourth-order valence-electron chi connectivity index (χ4n) is 2.23. The number of benzene rings is 1. The molecule has 0 bridgehead atoms. The summed E-state index contributed by atoms with van der Waals surface area (Å²) in [6.45, 7) is 4.95. The van der Waals surface area contributed by atoms with E-state index in [9.17, 15) is 20.1 Å². The van der Waals surface area contributed by atoms with Crippen LogP contribution in [-0.4, -0.2) is 58.2 Å². The van der Waals surface area contributed by atoms with Crippen LogP contribution in [0.1, 0.15) is 17.3 Å². The van der Waals surface area contributed by atoms with E-state index in [0.29, 0.717) is 0 Å². The van der Waals surface area contributed by atoms with Crippen LogP contribution in [0, 0.1) is 0 Å². The Hall–Kier alpha value is -1.79. The lowest BCUT2D eigenvalue weighted by Crippen LogP contribution is -2.50. The zero-order chi connectivity index (χ0) is 14.0. The van der Waals surface area contributed by atoms with Crippen molar-refractivity contribution in [1.29, 1.82) is 0 Å². The summed E-state index contributed by atoms with van der Waals surface area (Å²) < 4.78 is 0. The van der Waals surface area contributed by atoms with Gasteiger partial charge < -0.3 is 20.6 Å². The number of piperazine rings is 1. The molecule has 2 rings (SSSR count). The van der Waals surface area contributed by atoms with E-state index in [-0.39, 0.29) is 17.4 Å². The number of nitrogens with one attached hydrogen (secondary N) is 1. The minimum atomic E-state index is -0.654. The van der Waals surface area contributed by atoms with E-state index < -0.39 is 17.2 Å². The van der Waals surface area contributed by atoms with Gasteiger partial charge in [0.05, 0.1) is 11.6 Å². The van der Waals surface area contributed by atoms with Crippen molar-refractivity contribution >= 4 is 5.78 Å². The zero-order valence-electron chi connectivity index (χ0n) is 10.8. The molecule has 4 N–H and O–H groups in total. The van der Waals surface area contributed by atoms with Gasteiger partial charge in [-0.05, 0) is 19.1 Å². The van der Waals surface area contributed by atoms with Crippen LogP contribution in [0.5, 0.6) is 17.2 Å². The molecule has 0 radical (unpaired) electrons. The highest BCUT2D eigenvalue weighted by Gasteiger charge is 2.27. The van der Waals surface area contributed by atoms with Gasteiger partial charge in [0.25, 0.3) is 0 Å². The quantitative estimate of drug-likeness (QED) is 0.464. The fourth-order valence-corrected chi connectivity index (χ4v) is 2.23. The fraction of sp³-hybridized carbons (Fsp3) is 0.462. The van der Waals surface area contributed by atoms with Gasteiger partial charge in [-0.3, -0.25) is 9.69 Å². The number of Topliss-reactive ketones (excluding diaryl/α,β-unsaturated/α-hetero) is 1. The van der Waals surface area contributed by atoms with Crippen LogP contribution in [0.4, 0.5) is 0 Å². The number of carbonyl (C=O) groups excluding carboxylic acids is 1. The number of phenols is 3. The number of aromatic hydroxyl groups is 3. The Labute approximate surface area is 111 Å². The second kappa shape index (κ2) is 5.46. The van der Waals surface area contributed by atoms with Crippen molar-refractivity contribution in [3.63, 3.8) is 0 Å². The average Bonchev–Trinajstić information content (AvgIpc) is 2.44. The average molecular weight is 266 g/mol. The molecule has 1 heterocycles. The summed E-state index contributed by atoms with van der Waals surface area (Å²) >= 11 is 0. The first kappa shape index (κ1) is 13.6. The molecule has 0 saturated carbocycles. The highest BCUT2D eigenvalue weighted by molar-refractivity contribution is 6.03. The Kier molecular flexibility index (Phi) is 3.92. The number of rotatable bonds is 3. The van der Waals surface area contributed by atoms with Crippen LogP contribution in [0.15, 0.2) is 12.1 Å². The van der Waals surface area contributed by atoms with Crippen molar-refractivity contribution in [2.75, 3.05) is 26.2 Å². The minimum Gasteiger partial charge on any atom is -0.504 e. The van der Waals surface area contributed by atoms with Crippen molar-refractivity contribution in [3.8, 4) is 17.2 Å². The summed E-state index contributed by atoms with van der Waals surface area (Å²) in [5.74, 6) is -1.93. The summed E-state index contributed by atoms with van der Waals surface area (Å²) in [5.41, 5.74) is 0.0290. The lowest BCUT2D eigenvalue weighted by molar-refractivity contribution is 0.0816. The summed E-state index contributed by atoms with van der Waals surface area (Å²) in [4.78, 5) is 14.3. The van der Waals surface area contributed by atoms with Gasteiger partial charge >= 0.3 is 0 Å². The molecule has 19 heavy (non-hydrogen) atoms. The Bertz CT molecular complexity index is 484. The van der Waals surface area contributed by atoms with Crippen molar-refractivity contribution in [1.82, 2.24) is 10.2 Å². The normalized spacial score (nSPS) is 18.2. The smallest absolute Gasteiger partial charge is 0.201 e. The number of hydrogen-bond acceptors (Lipinski definition) is 6. The molecule has 0 spiro atoms. The maximum absolute atomic E-state index is 12.3. The third-order valence-corrected chi connectivity index (χ3v) is 3.47. The number of carbonyl (C=O) groups is 1. The predicted octanol–water partition coefficient (Wildman–Crippen LogP) is 0.280. The van der Waals surface area contributed by atoms with Gasteiger partial charge in [-0.15, -0.1) is 0 Å². The third-order valence-electron chi connectivity index (χ3n) is 3.47. The first-order valence-corrected chi connectivity index (χ1v) is 6.25. The highest BCUT2D eigenvalue weighted by Crippen LogP contribution is 2.37. The number of ketones is 1. The molecular formula is C13H18N2O4. The van der Waals surface area contributed by atoms with Crippen molar-refractivity contribution in [2.45, 2.75) is 13.0 Å². The van der Waals surface area contributed by atoms with E-state index in [4.69, 9.17) is 0 Å². The van der Waals surface area contributed by atoms with Gasteiger partial charge in [0.15, 0.2) is 17.3 Å². The van der Waals surface area contributed by atoms with Crippen LogP contribution in [0.25, 0.3) is 0 Å². The Morgan fingerprint density at radius 1 is 1.21 bits per heavy atom. The number of phenolic OH excluding ortho intramolecular Hbond substituents is 3. The SMILES string of the molecule is CC(C(=O)c1ccc(O)c(O)c1O)N1CCNCC1. The van der Waals surface area contributed by atoms with Crippen LogP contribution in [-0.2, 0) is 0 Å². The first-order valence-electron chi connectivity index (χ1n) is 6.25. The monoisotopic (exact) mass is 266 g/mol. The van der Waals surface area contributed by atoms with E-state index in [1.165, 1.54) is 12.1 Å². The first-order chi connectivity index (χ1) is 9.02. The van der Waals surface area contributed by atoms with Crippen molar-refractivity contribution in [3.05, 3.63) is 17.7 Å². The van der Waals surface area contributed by atoms with E-state index in [0.717, 1.165) is 26.2 Å². The molecule has 0 aromatic heterocycles. The number of nitrogens with zero attached hydrogens (tertiary/aromatic N) is 1. The van der Waals surface area contributed by atoms with Gasteiger partial charge in [0, 0.05) is 26.2 Å². The lowest BCUT2D eigenvalue weighted by atomic mass is 10.0. The van der Waals surface area contributed by atoms with Gasteiger partial charge in [0.1, 0.15) is 0 Å². The molecule has 1 saturated heterocycles. The molecule has 104 valence electrons. The summed E-state index contributed by atoms with van der Waals surface area (Å²) in [6, 6.07) is 2.15. The second-order valence-electron chi connectivity index (χ2n) is 4.66. The molecule has 6 nitrogen and oxygen atoms in total. The molecule has 0 amide bonds. The van der Waals surface area contributed by atoms with Crippen molar-refractivity contribution in [2.24, 2.45) is 0 Å². The standard InChI is InChI=1S/C13H18N2O4/c1-8(15-6-4-14-5-7-15)11(17)9-2-3-10(16)13(19)12(9)18/h2-3,8,14,16,18-19H,4-7H2,1H3. The Morgan fingerprint density at radius 2 is 1.84 bits per heavy atom. The Balaban J connectivity index is 2.21. The minimum absolute atomic E-state index is 0.0290. The number of hydrogen-bond donors (Lipinski definition) is 4. The molecule has 1 unspecified atom stereocenters. The maximum Gasteiger partial charge on any atom is 0.201 e. The molecule has 1 aromatic rings. The second-order valence-corrected chi connectivity index (χ2v) is 4.66. The van der Waals surface area contributed by atoms with Crippen molar-refractivity contribution < 1.29 is 20.1 Å². The molecule has 6 heteroatoms. The van der Waals surface area contributed by atoms with E-state index >= 15 is 0 Å². The molecular weight excluding hydrogens is 248 g/mol. The molecule has 1 aliphatic heterocycles. The summed E-state index contributed by atoms with van der Waals surface area (Å²) in [6.07, 6.45) is 0. The highest BCUT2D eigenvalue weighted by atomic mass is 16.3. The van der Waals surface area contributed by atoms with Gasteiger partial charge in [-0.2, -0.15) is 0 Å². The topological polar surface area (TPSA) is 93.0 Å². The lowest BCUT2D eigenvalue weighted by Gasteiger charge is -2.32. The van der Waals surface area contributed by atoms with E-state index in [2.05, 4.69) is 5.32 Å². The van der Waals surface area contributed by atoms with E-state index in [1.807, 2.05) is 4.90 Å². The summed E-state index contributed by atoms with van der Waals surface area (Å²) in [5, 5.41) is 31.6. The molecule has 1 atom stereocenters. The van der Waals surface area contributed by atoms with Crippen LogP contribution >= 0.6 is 0 Å². The maximum atomic E-state index is 12.3. The van der Waals surface area contributed by atoms with Gasteiger partial charge in [-0.1, -0.05) is 0 Å². The zero-order valence-corrected chi connectivity index (χ0v) is 10.8. The molecule has 0 aliphatic carbocycles. The van der Waals surface area contributed by atoms with E-state index in [1.54, 1.807) is 6.92 Å². The van der Waals surface area contributed by atoms with Gasteiger partial charge in [0.2, 0.25) is 5.75 Å². The largest absolute Gasteiger partial charge is 0.504 e. The third kappa shape index (κ3) is 2.64. The Morgan fingerprint density at radius 3 is 2.47 bits per heavy atom. The van der Waals surface area contributed by atoms with Gasteiger partial charge in [-0.25, -0.2) is 0 Å². The molecule has 1 aromatic carbocycles. The van der Waals surface area contributed by atoms with Crippen LogP contribution in [0.3, 0.4) is 0 Å². The summed E-state index contributed by atoms with van der Waals surface area (Å²) in [7, 11) is 0. The van der Waals surface area contributed by atoms with Crippen LogP contribution in [0.2, 0.25) is 0 Å².